The monoisotopic (exact) mass is 267 g/mol. The molecule has 6 heteroatoms. The molecule has 0 atom stereocenters. The molecule has 0 aliphatic heterocycles. The fourth-order valence-corrected chi connectivity index (χ4v) is 2.08. The van der Waals surface area contributed by atoms with E-state index in [1.807, 2.05) is 0 Å². The number of aromatic carboxylic acids is 1. The molecular formula is C12H10FNO3S. The molecule has 4 nitrogen and oxygen atoms in total. The Balaban J connectivity index is 2.10. The summed E-state index contributed by atoms with van der Waals surface area (Å²) in [5, 5.41) is 9.58. The van der Waals surface area contributed by atoms with Gasteiger partial charge in [0.1, 0.15) is 12.4 Å². The first-order chi connectivity index (χ1) is 8.56. The summed E-state index contributed by atoms with van der Waals surface area (Å²) in [5.41, 5.74) is 0.749. The molecule has 0 radical (unpaired) electrons. The Kier molecular flexibility index (Phi) is 3.57. The second-order valence-electron chi connectivity index (χ2n) is 3.59. The first-order valence-corrected chi connectivity index (χ1v) is 5.96. The largest absolute Gasteiger partial charge is 0.477 e. The molecule has 1 heterocycles. The van der Waals surface area contributed by atoms with Gasteiger partial charge >= 0.3 is 5.97 Å². The highest BCUT2D eigenvalue weighted by atomic mass is 32.1. The molecule has 0 saturated carbocycles. The number of carbonyl (C=O) groups is 1. The van der Waals surface area contributed by atoms with Crippen LogP contribution in [-0.4, -0.2) is 16.1 Å². The van der Waals surface area contributed by atoms with Crippen molar-refractivity contribution >= 4 is 17.3 Å². The van der Waals surface area contributed by atoms with Gasteiger partial charge in [0, 0.05) is 0 Å². The van der Waals surface area contributed by atoms with E-state index in [0.29, 0.717) is 5.01 Å². The lowest BCUT2D eigenvalue weighted by molar-refractivity contribution is 0.0697. The molecule has 0 aliphatic rings. The van der Waals surface area contributed by atoms with Crippen LogP contribution in [0.1, 0.15) is 20.2 Å². The number of aryl methyl sites for hydroxylation is 1. The molecule has 0 aliphatic carbocycles. The molecule has 1 aromatic heterocycles. The van der Waals surface area contributed by atoms with E-state index in [1.54, 1.807) is 19.1 Å². The minimum Gasteiger partial charge on any atom is -0.477 e. The van der Waals surface area contributed by atoms with Crippen LogP contribution >= 0.6 is 11.3 Å². The van der Waals surface area contributed by atoms with Crippen LogP contribution in [0.2, 0.25) is 0 Å². The van der Waals surface area contributed by atoms with Crippen LogP contribution in [0.3, 0.4) is 0 Å². The fourth-order valence-electron chi connectivity index (χ4n) is 1.37. The minimum atomic E-state index is -1.06. The summed E-state index contributed by atoms with van der Waals surface area (Å²) in [6.45, 7) is 1.87. The molecule has 1 aromatic carbocycles. The van der Waals surface area contributed by atoms with Gasteiger partial charge in [-0.05, 0) is 24.6 Å². The minimum absolute atomic E-state index is 0.0783. The Morgan fingerprint density at radius 1 is 1.44 bits per heavy atom. The summed E-state index contributed by atoms with van der Waals surface area (Å²) in [5.74, 6) is -1.28. The van der Waals surface area contributed by atoms with Crippen molar-refractivity contribution in [1.82, 2.24) is 4.98 Å². The Hall–Kier alpha value is -1.95. The number of hydrogen-bond donors (Lipinski definition) is 1. The summed E-state index contributed by atoms with van der Waals surface area (Å²) in [4.78, 5) is 15.0. The van der Waals surface area contributed by atoms with Crippen molar-refractivity contribution in [1.29, 1.82) is 0 Å². The van der Waals surface area contributed by atoms with E-state index in [9.17, 15) is 9.18 Å². The number of nitrogens with zero attached hydrogens (tertiary/aromatic N) is 1. The van der Waals surface area contributed by atoms with Gasteiger partial charge in [0.2, 0.25) is 5.88 Å². The molecule has 0 bridgehead atoms. The van der Waals surface area contributed by atoms with Gasteiger partial charge < -0.3 is 9.84 Å². The van der Waals surface area contributed by atoms with Crippen LogP contribution in [0.25, 0.3) is 0 Å². The second kappa shape index (κ2) is 5.14. The number of benzene rings is 1. The molecule has 0 saturated heterocycles. The molecule has 0 unspecified atom stereocenters. The molecule has 2 aromatic rings. The van der Waals surface area contributed by atoms with Gasteiger partial charge in [-0.25, -0.2) is 14.2 Å². The van der Waals surface area contributed by atoms with E-state index >= 15 is 0 Å². The maximum absolute atomic E-state index is 12.7. The SMILES string of the molecule is Cc1nc(OCc2ccc(F)cc2)c(C(=O)O)s1. The van der Waals surface area contributed by atoms with Crippen molar-refractivity contribution in [3.8, 4) is 5.88 Å². The van der Waals surface area contributed by atoms with Gasteiger partial charge in [-0.3, -0.25) is 0 Å². The van der Waals surface area contributed by atoms with Gasteiger partial charge in [-0.1, -0.05) is 12.1 Å². The smallest absolute Gasteiger partial charge is 0.351 e. The van der Waals surface area contributed by atoms with E-state index in [4.69, 9.17) is 9.84 Å². The summed E-state index contributed by atoms with van der Waals surface area (Å²) in [6, 6.07) is 5.80. The van der Waals surface area contributed by atoms with Crippen molar-refractivity contribution in [3.05, 3.63) is 45.5 Å². The maximum Gasteiger partial charge on any atom is 0.351 e. The van der Waals surface area contributed by atoms with E-state index in [2.05, 4.69) is 4.98 Å². The third kappa shape index (κ3) is 2.84. The Morgan fingerprint density at radius 2 is 2.11 bits per heavy atom. The van der Waals surface area contributed by atoms with Gasteiger partial charge in [-0.2, -0.15) is 0 Å². The number of ether oxygens (including phenoxy) is 1. The standard InChI is InChI=1S/C12H10FNO3S/c1-7-14-11(10(18-7)12(15)16)17-6-8-2-4-9(13)5-3-8/h2-5H,6H2,1H3,(H,15,16). The zero-order valence-electron chi connectivity index (χ0n) is 9.51. The number of carboxylic acid groups (broad SMARTS) is 1. The highest BCUT2D eigenvalue weighted by molar-refractivity contribution is 7.13. The maximum atomic E-state index is 12.7. The second-order valence-corrected chi connectivity index (χ2v) is 4.79. The quantitative estimate of drug-likeness (QED) is 0.925. The van der Waals surface area contributed by atoms with Gasteiger partial charge in [0.15, 0.2) is 4.88 Å². The number of hydrogen-bond acceptors (Lipinski definition) is 4. The number of carboxylic acids is 1. The molecule has 0 spiro atoms. The molecular weight excluding hydrogens is 257 g/mol. The first kappa shape index (κ1) is 12.5. The summed E-state index contributed by atoms with van der Waals surface area (Å²) < 4.78 is 18.0. The van der Waals surface area contributed by atoms with Gasteiger partial charge in [0.25, 0.3) is 0 Å². The summed E-state index contributed by atoms with van der Waals surface area (Å²) in [7, 11) is 0. The number of rotatable bonds is 4. The predicted octanol–water partition coefficient (Wildman–Crippen LogP) is 2.87. The summed E-state index contributed by atoms with van der Waals surface area (Å²) >= 11 is 1.06. The third-order valence-corrected chi connectivity index (χ3v) is 3.13. The molecule has 0 amide bonds. The molecule has 2 rings (SSSR count). The van der Waals surface area contributed by atoms with E-state index in [0.717, 1.165) is 16.9 Å². The molecule has 94 valence electrons. The first-order valence-electron chi connectivity index (χ1n) is 5.14. The Morgan fingerprint density at radius 3 is 2.72 bits per heavy atom. The Labute approximate surface area is 107 Å². The van der Waals surface area contributed by atoms with Crippen molar-refractivity contribution in [2.24, 2.45) is 0 Å². The lowest BCUT2D eigenvalue weighted by Gasteiger charge is -2.03. The van der Waals surface area contributed by atoms with Crippen LogP contribution in [0.15, 0.2) is 24.3 Å². The lowest BCUT2D eigenvalue weighted by Crippen LogP contribution is -2.01. The van der Waals surface area contributed by atoms with Crippen molar-refractivity contribution < 1.29 is 19.0 Å². The summed E-state index contributed by atoms with van der Waals surface area (Å²) in [6.07, 6.45) is 0. The van der Waals surface area contributed by atoms with Crippen molar-refractivity contribution in [3.63, 3.8) is 0 Å². The van der Waals surface area contributed by atoms with E-state index in [1.165, 1.54) is 12.1 Å². The number of thiazole rings is 1. The zero-order valence-corrected chi connectivity index (χ0v) is 10.3. The normalized spacial score (nSPS) is 10.3. The lowest BCUT2D eigenvalue weighted by atomic mass is 10.2. The average molecular weight is 267 g/mol. The molecule has 1 N–H and O–H groups in total. The van der Waals surface area contributed by atoms with E-state index < -0.39 is 5.97 Å². The van der Waals surface area contributed by atoms with Crippen molar-refractivity contribution in [2.75, 3.05) is 0 Å². The van der Waals surface area contributed by atoms with E-state index in [-0.39, 0.29) is 23.2 Å². The fraction of sp³-hybridized carbons (Fsp3) is 0.167. The third-order valence-electron chi connectivity index (χ3n) is 2.19. The number of halogens is 1. The van der Waals surface area contributed by atoms with Crippen LogP contribution < -0.4 is 4.74 Å². The van der Waals surface area contributed by atoms with Crippen LogP contribution in [-0.2, 0) is 6.61 Å². The number of aromatic nitrogens is 1. The highest BCUT2D eigenvalue weighted by Crippen LogP contribution is 2.25. The van der Waals surface area contributed by atoms with Gasteiger partial charge in [-0.15, -0.1) is 11.3 Å². The molecule has 0 fully saturated rings. The predicted molar refractivity (Wildman–Crippen MR) is 64.5 cm³/mol. The Bertz CT molecular complexity index is 565. The van der Waals surface area contributed by atoms with Crippen LogP contribution in [0.5, 0.6) is 5.88 Å². The van der Waals surface area contributed by atoms with Crippen LogP contribution in [0, 0.1) is 12.7 Å². The van der Waals surface area contributed by atoms with Crippen LogP contribution in [0.4, 0.5) is 4.39 Å². The van der Waals surface area contributed by atoms with Crippen molar-refractivity contribution in [2.45, 2.75) is 13.5 Å². The highest BCUT2D eigenvalue weighted by Gasteiger charge is 2.17. The average Bonchev–Trinajstić information content (AvgIpc) is 2.70. The zero-order chi connectivity index (χ0) is 13.1. The molecule has 18 heavy (non-hydrogen) atoms. The van der Waals surface area contributed by atoms with Gasteiger partial charge in [0.05, 0.1) is 5.01 Å². The topological polar surface area (TPSA) is 59.4 Å².